The van der Waals surface area contributed by atoms with Crippen molar-refractivity contribution in [1.82, 2.24) is 19.9 Å². The maximum Gasteiger partial charge on any atom is 0.349 e. The molecule has 0 aliphatic rings. The lowest BCUT2D eigenvalue weighted by atomic mass is 10.2. The number of carbonyl (C=O) groups excluding carboxylic acids is 1. The van der Waals surface area contributed by atoms with Gasteiger partial charge in [0.25, 0.3) is 5.91 Å². The van der Waals surface area contributed by atoms with Crippen LogP contribution in [0, 0.1) is 5.82 Å². The summed E-state index contributed by atoms with van der Waals surface area (Å²) in [6.07, 6.45) is 0.483. The van der Waals surface area contributed by atoms with Crippen LogP contribution in [0.2, 0.25) is 0 Å². The lowest BCUT2D eigenvalue weighted by Crippen LogP contribution is -2.30. The third kappa shape index (κ3) is 3.71. The van der Waals surface area contributed by atoms with Crippen molar-refractivity contribution in [2.45, 2.75) is 6.42 Å². The topological polar surface area (TPSA) is 89.5 Å². The van der Waals surface area contributed by atoms with Gasteiger partial charge in [0.1, 0.15) is 17.0 Å². The highest BCUT2D eigenvalue weighted by Gasteiger charge is 2.15. The smallest absolute Gasteiger partial charge is 0.349 e. The van der Waals surface area contributed by atoms with E-state index in [1.54, 1.807) is 34.8 Å². The first-order valence-corrected chi connectivity index (χ1v) is 10.4. The van der Waals surface area contributed by atoms with Crippen molar-refractivity contribution in [1.29, 1.82) is 0 Å². The molecule has 0 bridgehead atoms. The minimum Gasteiger partial charge on any atom is -0.422 e. The van der Waals surface area contributed by atoms with Crippen LogP contribution in [-0.2, 0) is 6.42 Å². The number of thiazole rings is 1. The van der Waals surface area contributed by atoms with Crippen LogP contribution in [0.4, 0.5) is 4.39 Å². The van der Waals surface area contributed by atoms with E-state index in [2.05, 4.69) is 15.4 Å². The molecular formula is C22H15FN4O3S. The monoisotopic (exact) mass is 434 g/mol. The number of nitrogens with zero attached hydrogens (tertiary/aromatic N) is 3. The normalized spacial score (nSPS) is 11.3. The van der Waals surface area contributed by atoms with Crippen molar-refractivity contribution in [3.05, 3.63) is 87.5 Å². The van der Waals surface area contributed by atoms with Gasteiger partial charge >= 0.3 is 5.63 Å². The first-order valence-electron chi connectivity index (χ1n) is 9.49. The van der Waals surface area contributed by atoms with Crippen LogP contribution in [0.3, 0.4) is 0 Å². The predicted octanol–water partition coefficient (Wildman–Crippen LogP) is 3.68. The minimum absolute atomic E-state index is 0.0386. The lowest BCUT2D eigenvalue weighted by Gasteiger charge is -2.05. The summed E-state index contributed by atoms with van der Waals surface area (Å²) in [5, 5.41) is 9.79. The van der Waals surface area contributed by atoms with Crippen LogP contribution in [0.5, 0.6) is 0 Å². The van der Waals surface area contributed by atoms with Crippen LogP contribution in [0.25, 0.3) is 27.3 Å². The second kappa shape index (κ2) is 7.77. The molecule has 7 nitrogen and oxygen atoms in total. The number of carbonyl (C=O) groups is 1. The molecule has 5 rings (SSSR count). The van der Waals surface area contributed by atoms with Crippen molar-refractivity contribution in [3.63, 3.8) is 0 Å². The molecule has 3 aromatic heterocycles. The van der Waals surface area contributed by atoms with Crippen LogP contribution in [0.1, 0.15) is 16.1 Å². The number of para-hydroxylation sites is 1. The van der Waals surface area contributed by atoms with Gasteiger partial charge in [-0.15, -0.1) is 16.4 Å². The van der Waals surface area contributed by atoms with E-state index >= 15 is 0 Å². The molecule has 3 heterocycles. The molecule has 0 atom stereocenters. The van der Waals surface area contributed by atoms with Gasteiger partial charge in [0.2, 0.25) is 4.96 Å². The van der Waals surface area contributed by atoms with E-state index in [0.29, 0.717) is 40.3 Å². The average Bonchev–Trinajstić information content (AvgIpc) is 3.35. The van der Waals surface area contributed by atoms with E-state index in [-0.39, 0.29) is 11.4 Å². The van der Waals surface area contributed by atoms with Gasteiger partial charge in [-0.3, -0.25) is 4.79 Å². The van der Waals surface area contributed by atoms with Gasteiger partial charge in [0, 0.05) is 29.3 Å². The number of hydrogen-bond acceptors (Lipinski definition) is 6. The number of hydrogen-bond donors (Lipinski definition) is 1. The Morgan fingerprint density at radius 3 is 2.90 bits per heavy atom. The molecule has 0 unspecified atom stereocenters. The Bertz CT molecular complexity index is 1490. The summed E-state index contributed by atoms with van der Waals surface area (Å²) in [7, 11) is 0. The van der Waals surface area contributed by atoms with E-state index in [1.165, 1.54) is 29.5 Å². The Hall–Kier alpha value is -3.85. The quantitative estimate of drug-likeness (QED) is 0.426. The number of rotatable bonds is 5. The van der Waals surface area contributed by atoms with Crippen molar-refractivity contribution in [3.8, 4) is 11.4 Å². The molecule has 0 fully saturated rings. The van der Waals surface area contributed by atoms with Crippen LogP contribution >= 0.6 is 11.3 Å². The van der Waals surface area contributed by atoms with Crippen molar-refractivity contribution < 1.29 is 13.6 Å². The standard InChI is InChI=1S/C22H15FN4O3S/c23-15-6-3-5-14(10-15)19-25-22-27(26-19)16(12-31-22)8-9-24-20(28)17-11-13-4-1-2-7-18(13)30-21(17)29/h1-7,10-12H,8-9H2,(H,24,28). The molecule has 1 amide bonds. The third-order valence-electron chi connectivity index (χ3n) is 4.79. The van der Waals surface area contributed by atoms with Crippen LogP contribution in [0.15, 0.2) is 69.2 Å². The largest absolute Gasteiger partial charge is 0.422 e. The molecule has 154 valence electrons. The van der Waals surface area contributed by atoms with Gasteiger partial charge < -0.3 is 9.73 Å². The maximum atomic E-state index is 13.5. The summed E-state index contributed by atoms with van der Waals surface area (Å²) in [6, 6.07) is 14.7. The minimum atomic E-state index is -0.676. The second-order valence-electron chi connectivity index (χ2n) is 6.86. The lowest BCUT2D eigenvalue weighted by molar-refractivity contribution is 0.0950. The number of amides is 1. The third-order valence-corrected chi connectivity index (χ3v) is 5.65. The zero-order valence-corrected chi connectivity index (χ0v) is 16.9. The fourth-order valence-electron chi connectivity index (χ4n) is 3.27. The summed E-state index contributed by atoms with van der Waals surface area (Å²) in [5.41, 5.74) is 1.16. The van der Waals surface area contributed by atoms with Gasteiger partial charge in [-0.1, -0.05) is 30.3 Å². The number of aromatic nitrogens is 3. The van der Waals surface area contributed by atoms with Crippen LogP contribution < -0.4 is 10.9 Å². The Morgan fingerprint density at radius 2 is 2.03 bits per heavy atom. The van der Waals surface area contributed by atoms with Crippen LogP contribution in [-0.4, -0.2) is 27.0 Å². The average molecular weight is 434 g/mol. The van der Waals surface area contributed by atoms with Crippen molar-refractivity contribution in [2.24, 2.45) is 0 Å². The van der Waals surface area contributed by atoms with Gasteiger partial charge in [-0.2, -0.15) is 4.98 Å². The van der Waals surface area contributed by atoms with E-state index in [4.69, 9.17) is 4.42 Å². The molecule has 1 N–H and O–H groups in total. The summed E-state index contributed by atoms with van der Waals surface area (Å²) >= 11 is 1.41. The molecule has 0 radical (unpaired) electrons. The summed E-state index contributed by atoms with van der Waals surface area (Å²) < 4.78 is 20.4. The maximum absolute atomic E-state index is 13.5. The summed E-state index contributed by atoms with van der Waals surface area (Å²) in [6.45, 7) is 0.298. The molecule has 0 aliphatic carbocycles. The molecule has 0 aliphatic heterocycles. The molecule has 31 heavy (non-hydrogen) atoms. The van der Waals surface area contributed by atoms with E-state index in [1.807, 2.05) is 11.4 Å². The highest BCUT2D eigenvalue weighted by atomic mass is 32.1. The summed E-state index contributed by atoms with van der Waals surface area (Å²) in [4.78, 5) is 29.7. The van der Waals surface area contributed by atoms with Gasteiger partial charge in [-0.05, 0) is 24.3 Å². The molecule has 0 saturated carbocycles. The molecule has 5 aromatic rings. The second-order valence-corrected chi connectivity index (χ2v) is 7.69. The Kier molecular flexibility index (Phi) is 4.79. The first kappa shape index (κ1) is 19.1. The molecule has 2 aromatic carbocycles. The number of nitrogens with one attached hydrogen (secondary N) is 1. The number of fused-ring (bicyclic) bond motifs is 2. The van der Waals surface area contributed by atoms with Gasteiger partial charge in [-0.25, -0.2) is 13.7 Å². The zero-order valence-electron chi connectivity index (χ0n) is 16.0. The Morgan fingerprint density at radius 1 is 1.16 bits per heavy atom. The molecule has 0 saturated heterocycles. The number of benzene rings is 2. The predicted molar refractivity (Wildman–Crippen MR) is 115 cm³/mol. The van der Waals surface area contributed by atoms with Gasteiger partial charge in [0.15, 0.2) is 5.82 Å². The van der Waals surface area contributed by atoms with E-state index < -0.39 is 11.5 Å². The van der Waals surface area contributed by atoms with Crippen molar-refractivity contribution >= 4 is 33.2 Å². The Labute approximate surface area is 178 Å². The zero-order chi connectivity index (χ0) is 21.4. The molecular weight excluding hydrogens is 419 g/mol. The highest BCUT2D eigenvalue weighted by Crippen LogP contribution is 2.21. The van der Waals surface area contributed by atoms with Crippen molar-refractivity contribution in [2.75, 3.05) is 6.54 Å². The molecule has 9 heteroatoms. The SMILES string of the molecule is O=C(NCCc1csc2nc(-c3cccc(F)c3)nn12)c1cc2ccccc2oc1=O. The molecule has 0 spiro atoms. The fraction of sp³-hybridized carbons (Fsp3) is 0.0909. The highest BCUT2D eigenvalue weighted by molar-refractivity contribution is 7.15. The van der Waals surface area contributed by atoms with Gasteiger partial charge in [0.05, 0.1) is 5.69 Å². The Balaban J connectivity index is 1.31. The van der Waals surface area contributed by atoms with E-state index in [0.717, 1.165) is 5.69 Å². The fourth-order valence-corrected chi connectivity index (χ4v) is 4.12. The van der Waals surface area contributed by atoms with E-state index in [9.17, 15) is 14.0 Å². The first-order chi connectivity index (χ1) is 15.1. The number of halogens is 1. The summed E-state index contributed by atoms with van der Waals surface area (Å²) in [5.74, 6) is -0.410.